The molecule has 1 aromatic heterocycles. The van der Waals surface area contributed by atoms with Crippen LogP contribution in [0.4, 0.5) is 0 Å². The number of hydrogen-bond donors (Lipinski definition) is 0. The summed E-state index contributed by atoms with van der Waals surface area (Å²) in [5, 5.41) is 0. The highest BCUT2D eigenvalue weighted by Crippen LogP contribution is 2.19. The molecule has 0 saturated carbocycles. The Bertz CT molecular complexity index is 817. The van der Waals surface area contributed by atoms with Gasteiger partial charge < -0.3 is 4.74 Å². The number of aryl methyl sites for hydroxylation is 1. The van der Waals surface area contributed by atoms with Gasteiger partial charge in [-0.25, -0.2) is 9.97 Å². The van der Waals surface area contributed by atoms with Gasteiger partial charge in [-0.3, -0.25) is 0 Å². The lowest BCUT2D eigenvalue weighted by Gasteiger charge is -2.07. The smallest absolute Gasteiger partial charge is 0.159 e. The quantitative estimate of drug-likeness (QED) is 0.0964. The van der Waals surface area contributed by atoms with E-state index in [4.69, 9.17) is 4.74 Å². The molecule has 0 bridgehead atoms. The van der Waals surface area contributed by atoms with Crippen molar-refractivity contribution in [1.29, 1.82) is 0 Å². The van der Waals surface area contributed by atoms with Crippen molar-refractivity contribution in [3.05, 3.63) is 42.2 Å². The molecule has 3 nitrogen and oxygen atoms in total. The monoisotopic (exact) mass is 565 g/mol. The van der Waals surface area contributed by atoms with E-state index >= 15 is 0 Å². The van der Waals surface area contributed by atoms with Crippen molar-refractivity contribution in [3.63, 3.8) is 0 Å². The molecule has 0 N–H and O–H groups in total. The average molecular weight is 565 g/mol. The maximum Gasteiger partial charge on any atom is 0.159 e. The van der Waals surface area contributed by atoms with Crippen LogP contribution in [0.2, 0.25) is 0 Å². The van der Waals surface area contributed by atoms with Gasteiger partial charge in [0.25, 0.3) is 0 Å². The molecule has 0 aliphatic carbocycles. The van der Waals surface area contributed by atoms with E-state index in [0.717, 1.165) is 30.2 Å². The maximum absolute atomic E-state index is 5.90. The predicted octanol–water partition coefficient (Wildman–Crippen LogP) is 12.5. The van der Waals surface area contributed by atoms with Crippen LogP contribution in [0.1, 0.15) is 174 Å². The normalized spacial score (nSPS) is 11.3. The molecule has 232 valence electrons. The van der Waals surface area contributed by atoms with Gasteiger partial charge in [-0.2, -0.15) is 0 Å². The molecule has 0 aliphatic rings. The number of rotatable bonds is 28. The molecule has 3 heteroatoms. The second kappa shape index (κ2) is 25.8. The number of hydrogen-bond acceptors (Lipinski definition) is 3. The van der Waals surface area contributed by atoms with E-state index < -0.39 is 0 Å². The maximum atomic E-state index is 5.90. The zero-order chi connectivity index (χ0) is 29.1. The molecule has 0 unspecified atom stereocenters. The van der Waals surface area contributed by atoms with Gasteiger partial charge in [0.2, 0.25) is 0 Å². The summed E-state index contributed by atoms with van der Waals surface area (Å²) in [6.07, 6.45) is 37.9. The predicted molar refractivity (Wildman–Crippen MR) is 179 cm³/mol. The van der Waals surface area contributed by atoms with Crippen molar-refractivity contribution in [2.75, 3.05) is 6.61 Å². The zero-order valence-electron chi connectivity index (χ0n) is 27.2. The Morgan fingerprint density at radius 2 is 0.854 bits per heavy atom. The third-order valence-electron chi connectivity index (χ3n) is 8.43. The lowest BCUT2D eigenvalue weighted by Crippen LogP contribution is -1.99. The van der Waals surface area contributed by atoms with Crippen LogP contribution in [0.3, 0.4) is 0 Å². The van der Waals surface area contributed by atoms with E-state index in [1.54, 1.807) is 0 Å². The molecule has 0 saturated heterocycles. The molecule has 2 aromatic rings. The highest BCUT2D eigenvalue weighted by atomic mass is 16.5. The second-order valence-corrected chi connectivity index (χ2v) is 12.3. The Kier molecular flexibility index (Phi) is 22.2. The van der Waals surface area contributed by atoms with Gasteiger partial charge in [0.05, 0.1) is 19.0 Å². The largest absolute Gasteiger partial charge is 0.490 e. The van der Waals surface area contributed by atoms with E-state index in [1.165, 1.54) is 160 Å². The summed E-state index contributed by atoms with van der Waals surface area (Å²) >= 11 is 0. The van der Waals surface area contributed by atoms with E-state index in [-0.39, 0.29) is 0 Å². The third kappa shape index (κ3) is 19.0. The molecule has 0 atom stereocenters. The van der Waals surface area contributed by atoms with Gasteiger partial charge in [-0.1, -0.05) is 179 Å². The van der Waals surface area contributed by atoms with Crippen LogP contribution in [0.25, 0.3) is 11.4 Å². The first-order valence-electron chi connectivity index (χ1n) is 17.9. The van der Waals surface area contributed by atoms with E-state index in [0.29, 0.717) is 0 Å². The second-order valence-electron chi connectivity index (χ2n) is 12.3. The van der Waals surface area contributed by atoms with Gasteiger partial charge in [-0.05, 0) is 24.8 Å². The van der Waals surface area contributed by atoms with Gasteiger partial charge >= 0.3 is 0 Å². The average Bonchev–Trinajstić information content (AvgIpc) is 3.00. The Morgan fingerprint density at radius 1 is 0.463 bits per heavy atom. The van der Waals surface area contributed by atoms with Gasteiger partial charge in [0, 0.05) is 5.56 Å². The first-order valence-corrected chi connectivity index (χ1v) is 17.9. The van der Waals surface area contributed by atoms with Crippen LogP contribution in [0.5, 0.6) is 5.75 Å². The minimum Gasteiger partial charge on any atom is -0.490 e. The third-order valence-corrected chi connectivity index (χ3v) is 8.43. The Hall–Kier alpha value is -1.90. The number of benzene rings is 1. The molecule has 41 heavy (non-hydrogen) atoms. The van der Waals surface area contributed by atoms with Crippen LogP contribution in [0, 0.1) is 0 Å². The summed E-state index contributed by atoms with van der Waals surface area (Å²) in [5.41, 5.74) is 2.50. The summed E-state index contributed by atoms with van der Waals surface area (Å²) in [4.78, 5) is 9.12. The SMILES string of the molecule is CCCCCCCCCCCCCCCOc1cnc(-c2ccc(CCCCCCCCCCCCC)cc2)nc1. The van der Waals surface area contributed by atoms with Crippen molar-refractivity contribution >= 4 is 0 Å². The van der Waals surface area contributed by atoms with Gasteiger partial charge in [0.15, 0.2) is 11.6 Å². The fourth-order valence-corrected chi connectivity index (χ4v) is 5.66. The van der Waals surface area contributed by atoms with Crippen molar-refractivity contribution < 1.29 is 4.74 Å². The number of ether oxygens (including phenoxy) is 1. The van der Waals surface area contributed by atoms with E-state index in [9.17, 15) is 0 Å². The van der Waals surface area contributed by atoms with Crippen LogP contribution in [-0.4, -0.2) is 16.6 Å². The molecule has 1 aromatic carbocycles. The Morgan fingerprint density at radius 3 is 1.29 bits per heavy atom. The Labute approximate surface area is 254 Å². The summed E-state index contributed by atoms with van der Waals surface area (Å²) in [7, 11) is 0. The summed E-state index contributed by atoms with van der Waals surface area (Å²) in [6.45, 7) is 5.34. The zero-order valence-corrected chi connectivity index (χ0v) is 27.2. The van der Waals surface area contributed by atoms with Crippen molar-refractivity contribution in [1.82, 2.24) is 9.97 Å². The molecule has 0 spiro atoms. The molecule has 0 fully saturated rings. The summed E-state index contributed by atoms with van der Waals surface area (Å²) in [5.74, 6) is 1.56. The highest BCUT2D eigenvalue weighted by Gasteiger charge is 2.03. The molecule has 0 amide bonds. The number of unbranched alkanes of at least 4 members (excludes halogenated alkanes) is 22. The fourth-order valence-electron chi connectivity index (χ4n) is 5.66. The van der Waals surface area contributed by atoms with Gasteiger partial charge in [-0.15, -0.1) is 0 Å². The highest BCUT2D eigenvalue weighted by molar-refractivity contribution is 5.55. The van der Waals surface area contributed by atoms with Crippen LogP contribution in [0.15, 0.2) is 36.7 Å². The first-order chi connectivity index (χ1) is 20.3. The van der Waals surface area contributed by atoms with Crippen molar-refractivity contribution in [2.24, 2.45) is 0 Å². The van der Waals surface area contributed by atoms with Gasteiger partial charge in [0.1, 0.15) is 0 Å². The van der Waals surface area contributed by atoms with Crippen LogP contribution in [-0.2, 0) is 6.42 Å². The summed E-state index contributed by atoms with van der Waals surface area (Å²) in [6, 6.07) is 8.82. The molecular weight excluding hydrogens is 500 g/mol. The summed E-state index contributed by atoms with van der Waals surface area (Å²) < 4.78 is 5.90. The number of nitrogens with zero attached hydrogens (tertiary/aromatic N) is 2. The van der Waals surface area contributed by atoms with Crippen molar-refractivity contribution in [3.8, 4) is 17.1 Å². The minimum absolute atomic E-state index is 0.758. The van der Waals surface area contributed by atoms with E-state index in [1.807, 2.05) is 12.4 Å². The van der Waals surface area contributed by atoms with Crippen LogP contribution >= 0.6 is 0 Å². The van der Waals surface area contributed by atoms with Crippen molar-refractivity contribution in [2.45, 2.75) is 174 Å². The minimum atomic E-state index is 0.758. The standard InChI is InChI=1S/C38H64N2O/c1-3-5-7-9-11-13-15-16-18-20-22-24-26-32-41-37-33-39-38(40-34-37)36-30-28-35(29-31-36)27-25-23-21-19-17-14-12-10-8-6-4-2/h28-31,33-34H,3-27,32H2,1-2H3. The molecule has 1 heterocycles. The topological polar surface area (TPSA) is 35.0 Å². The lowest BCUT2D eigenvalue weighted by molar-refractivity contribution is 0.302. The van der Waals surface area contributed by atoms with E-state index in [2.05, 4.69) is 48.1 Å². The molecule has 0 aliphatic heterocycles. The number of aromatic nitrogens is 2. The molecule has 0 radical (unpaired) electrons. The molecular formula is C38H64N2O. The van der Waals surface area contributed by atoms with Crippen LogP contribution < -0.4 is 4.74 Å². The first kappa shape index (κ1) is 35.3. The fraction of sp³-hybridized carbons (Fsp3) is 0.737. The Balaban J connectivity index is 1.46. The molecule has 2 rings (SSSR count). The lowest BCUT2D eigenvalue weighted by atomic mass is 10.0.